The van der Waals surface area contributed by atoms with Gasteiger partial charge >= 0.3 is 0 Å². The van der Waals surface area contributed by atoms with Gasteiger partial charge in [0.2, 0.25) is 0 Å². The third-order valence-corrected chi connectivity index (χ3v) is 5.33. The van der Waals surface area contributed by atoms with Crippen molar-refractivity contribution in [3.05, 3.63) is 12.5 Å². The zero-order valence-corrected chi connectivity index (χ0v) is 12.1. The molecule has 0 unspecified atom stereocenters. The van der Waals surface area contributed by atoms with Gasteiger partial charge in [0.05, 0.1) is 11.6 Å². The molecule has 2 aliphatic carbocycles. The van der Waals surface area contributed by atoms with Crippen LogP contribution in [0.1, 0.15) is 32.6 Å². The number of hydrogen-bond donors (Lipinski definition) is 1. The number of hydrogen-bond acceptors (Lipinski definition) is 4. The summed E-state index contributed by atoms with van der Waals surface area (Å²) in [6, 6.07) is 0.476. The first-order valence-electron chi connectivity index (χ1n) is 7.61. The molecule has 4 rings (SSSR count). The van der Waals surface area contributed by atoms with E-state index >= 15 is 0 Å². The van der Waals surface area contributed by atoms with Crippen LogP contribution in [0.2, 0.25) is 0 Å². The molecule has 2 aliphatic rings. The number of aromatic nitrogens is 4. The molecule has 2 bridgehead atoms. The lowest BCUT2D eigenvalue weighted by Gasteiger charge is -2.29. The fraction of sp³-hybridized carbons (Fsp3) is 0.667. The molecule has 2 fully saturated rings. The van der Waals surface area contributed by atoms with Gasteiger partial charge in [-0.25, -0.2) is 9.97 Å². The summed E-state index contributed by atoms with van der Waals surface area (Å²) in [6.07, 6.45) is 9.19. The van der Waals surface area contributed by atoms with Gasteiger partial charge in [-0.15, -0.1) is 0 Å². The highest BCUT2D eigenvalue weighted by Gasteiger charge is 2.41. The Bertz CT molecular complexity index is 634. The van der Waals surface area contributed by atoms with Crippen LogP contribution >= 0.6 is 0 Å². The average Bonchev–Trinajstić information content (AvgIpc) is 3.15. The third kappa shape index (κ3) is 1.79. The lowest BCUT2D eigenvalue weighted by Crippen LogP contribution is -2.30. The van der Waals surface area contributed by atoms with Crippen molar-refractivity contribution in [1.82, 2.24) is 19.7 Å². The topological polar surface area (TPSA) is 55.6 Å². The van der Waals surface area contributed by atoms with Gasteiger partial charge in [0.15, 0.2) is 5.65 Å². The normalized spacial score (nSPS) is 30.0. The lowest BCUT2D eigenvalue weighted by atomic mass is 9.84. The monoisotopic (exact) mass is 271 g/mol. The quantitative estimate of drug-likeness (QED) is 0.932. The Hall–Kier alpha value is -1.65. The average molecular weight is 271 g/mol. The van der Waals surface area contributed by atoms with Crippen LogP contribution in [0.5, 0.6) is 0 Å². The molecule has 2 aromatic rings. The van der Waals surface area contributed by atoms with Crippen LogP contribution < -0.4 is 5.32 Å². The largest absolute Gasteiger partial charge is 0.367 e. The van der Waals surface area contributed by atoms with Crippen LogP contribution in [0, 0.1) is 17.8 Å². The summed E-state index contributed by atoms with van der Waals surface area (Å²) in [4.78, 5) is 8.71. The molecule has 0 saturated heterocycles. The van der Waals surface area contributed by atoms with Crippen molar-refractivity contribution in [2.75, 3.05) is 5.32 Å². The fourth-order valence-corrected chi connectivity index (χ4v) is 4.31. The van der Waals surface area contributed by atoms with Crippen molar-refractivity contribution in [1.29, 1.82) is 0 Å². The smallest absolute Gasteiger partial charge is 0.163 e. The summed E-state index contributed by atoms with van der Waals surface area (Å²) >= 11 is 0. The molecule has 0 aliphatic heterocycles. The van der Waals surface area contributed by atoms with Crippen molar-refractivity contribution < 1.29 is 0 Å². The minimum Gasteiger partial charge on any atom is -0.367 e. The van der Waals surface area contributed by atoms with Gasteiger partial charge in [-0.2, -0.15) is 5.10 Å². The molecule has 2 heterocycles. The minimum atomic E-state index is 0.476. The number of nitrogens with zero attached hydrogens (tertiary/aromatic N) is 4. The molecule has 0 radical (unpaired) electrons. The lowest BCUT2D eigenvalue weighted by molar-refractivity contribution is 0.304. The number of fused-ring (bicyclic) bond motifs is 3. The second kappa shape index (κ2) is 4.43. The van der Waals surface area contributed by atoms with E-state index in [1.54, 1.807) is 11.0 Å². The molecule has 0 spiro atoms. The molecule has 0 amide bonds. The molecule has 2 saturated carbocycles. The highest BCUT2D eigenvalue weighted by Crippen LogP contribution is 2.49. The molecule has 20 heavy (non-hydrogen) atoms. The van der Waals surface area contributed by atoms with Gasteiger partial charge in [0.1, 0.15) is 12.1 Å². The predicted molar refractivity (Wildman–Crippen MR) is 78.3 cm³/mol. The van der Waals surface area contributed by atoms with Crippen LogP contribution in [-0.4, -0.2) is 25.8 Å². The third-order valence-electron chi connectivity index (χ3n) is 5.33. The van der Waals surface area contributed by atoms with E-state index < -0.39 is 0 Å². The maximum atomic E-state index is 4.42. The zero-order chi connectivity index (χ0) is 13.7. The van der Waals surface area contributed by atoms with E-state index in [0.717, 1.165) is 34.6 Å². The van der Waals surface area contributed by atoms with Crippen LogP contribution in [0.4, 0.5) is 5.82 Å². The number of nitrogens with one attached hydrogen (secondary N) is 1. The molecular formula is C15H21N5. The molecule has 4 atom stereocenters. The molecule has 2 aromatic heterocycles. The van der Waals surface area contributed by atoms with E-state index in [0.29, 0.717) is 6.04 Å². The van der Waals surface area contributed by atoms with Crippen molar-refractivity contribution in [2.24, 2.45) is 24.8 Å². The number of anilines is 1. The van der Waals surface area contributed by atoms with Crippen molar-refractivity contribution in [3.8, 4) is 0 Å². The van der Waals surface area contributed by atoms with Gasteiger partial charge in [0, 0.05) is 13.1 Å². The number of aryl methyl sites for hydroxylation is 1. The van der Waals surface area contributed by atoms with Gasteiger partial charge < -0.3 is 5.32 Å². The summed E-state index contributed by atoms with van der Waals surface area (Å²) in [7, 11) is 1.92. The second-order valence-electron chi connectivity index (χ2n) is 6.50. The van der Waals surface area contributed by atoms with Crippen molar-refractivity contribution >= 4 is 16.9 Å². The Kier molecular flexibility index (Phi) is 2.69. The molecule has 5 heteroatoms. The second-order valence-corrected chi connectivity index (χ2v) is 6.50. The molecule has 106 valence electrons. The van der Waals surface area contributed by atoms with Gasteiger partial charge in [-0.1, -0.05) is 6.42 Å². The summed E-state index contributed by atoms with van der Waals surface area (Å²) < 4.78 is 1.80. The van der Waals surface area contributed by atoms with Gasteiger partial charge in [0.25, 0.3) is 0 Å². The molecule has 0 aromatic carbocycles. The predicted octanol–water partition coefficient (Wildman–Crippen LogP) is 2.60. The van der Waals surface area contributed by atoms with E-state index in [1.807, 2.05) is 13.2 Å². The van der Waals surface area contributed by atoms with Gasteiger partial charge in [-0.3, -0.25) is 4.68 Å². The highest BCUT2D eigenvalue weighted by atomic mass is 15.3. The Labute approximate surface area is 118 Å². The van der Waals surface area contributed by atoms with E-state index in [1.165, 1.54) is 25.7 Å². The molecule has 5 nitrogen and oxygen atoms in total. The van der Waals surface area contributed by atoms with Crippen molar-refractivity contribution in [3.63, 3.8) is 0 Å². The molecular weight excluding hydrogens is 250 g/mol. The van der Waals surface area contributed by atoms with E-state index in [2.05, 4.69) is 27.3 Å². The first-order chi connectivity index (χ1) is 9.72. The Morgan fingerprint density at radius 1 is 1.30 bits per heavy atom. The summed E-state index contributed by atoms with van der Waals surface area (Å²) in [6.45, 7) is 2.30. The minimum absolute atomic E-state index is 0.476. The van der Waals surface area contributed by atoms with Crippen LogP contribution in [0.15, 0.2) is 12.5 Å². The van der Waals surface area contributed by atoms with Crippen LogP contribution in [0.25, 0.3) is 11.0 Å². The Balaban J connectivity index is 1.58. The van der Waals surface area contributed by atoms with E-state index in [4.69, 9.17) is 0 Å². The number of rotatable bonds is 3. The Morgan fingerprint density at radius 2 is 2.20 bits per heavy atom. The van der Waals surface area contributed by atoms with Crippen LogP contribution in [-0.2, 0) is 7.05 Å². The summed E-state index contributed by atoms with van der Waals surface area (Å²) in [5.41, 5.74) is 0.891. The highest BCUT2D eigenvalue weighted by molar-refractivity contribution is 5.86. The standard InChI is InChI=1S/C15H21N5/c1-9(12-6-10-3-4-11(12)5-10)19-14-13-7-18-20(2)15(13)17-8-16-14/h7-12H,3-6H2,1-2H3,(H,16,17,19)/t9-,10+,11+,12-/m0/s1. The fourth-order valence-electron chi connectivity index (χ4n) is 4.31. The molecule has 1 N–H and O–H groups in total. The van der Waals surface area contributed by atoms with Crippen molar-refractivity contribution in [2.45, 2.75) is 38.6 Å². The van der Waals surface area contributed by atoms with Gasteiger partial charge in [-0.05, 0) is 43.9 Å². The van der Waals surface area contributed by atoms with E-state index in [9.17, 15) is 0 Å². The maximum absolute atomic E-state index is 4.42. The summed E-state index contributed by atoms with van der Waals surface area (Å²) in [5, 5.41) is 8.91. The maximum Gasteiger partial charge on any atom is 0.163 e. The summed E-state index contributed by atoms with van der Waals surface area (Å²) in [5.74, 6) is 3.64. The van der Waals surface area contributed by atoms with E-state index in [-0.39, 0.29) is 0 Å². The first kappa shape index (κ1) is 12.1. The Morgan fingerprint density at radius 3 is 2.95 bits per heavy atom. The van der Waals surface area contributed by atoms with Crippen LogP contribution in [0.3, 0.4) is 0 Å². The first-order valence-corrected chi connectivity index (χ1v) is 7.61. The zero-order valence-electron chi connectivity index (χ0n) is 12.1. The SMILES string of the molecule is C[C@H](Nc1ncnc2c1cnn2C)[C@@H]1C[C@@H]2CC[C@@H]1C2.